The maximum Gasteiger partial charge on any atom is 0.168 e. The lowest BCUT2D eigenvalue weighted by Gasteiger charge is -2.22. The van der Waals surface area contributed by atoms with Crippen molar-refractivity contribution in [2.24, 2.45) is 0 Å². The molecule has 2 nitrogen and oxygen atoms in total. The number of nitrogens with zero attached hydrogens (tertiary/aromatic N) is 1. The van der Waals surface area contributed by atoms with E-state index in [1.165, 1.54) is 6.07 Å². The summed E-state index contributed by atoms with van der Waals surface area (Å²) in [7, 11) is 5.52. The first-order chi connectivity index (χ1) is 12.9. The number of halogens is 1. The molecule has 0 N–H and O–H groups in total. The van der Waals surface area contributed by atoms with E-state index >= 15 is 0 Å². The van der Waals surface area contributed by atoms with E-state index in [-0.39, 0.29) is 11.1 Å². The van der Waals surface area contributed by atoms with Crippen molar-refractivity contribution in [3.05, 3.63) is 82.4 Å². The highest BCUT2D eigenvalue weighted by Crippen LogP contribution is 2.41. The molecular weight excluding hydrogens is 395 g/mol. The first-order valence-corrected chi connectivity index (χ1v) is 10.4. The highest BCUT2D eigenvalue weighted by atomic mass is 32.2. The van der Waals surface area contributed by atoms with Crippen LogP contribution in [0.2, 0.25) is 0 Å². The Balaban J connectivity index is 2.12. The molecule has 0 aliphatic heterocycles. The molecule has 0 saturated carbocycles. The molecule has 27 heavy (non-hydrogen) atoms. The normalized spacial score (nSPS) is 12.0. The summed E-state index contributed by atoms with van der Waals surface area (Å²) in [6.07, 6.45) is 2.53. The van der Waals surface area contributed by atoms with E-state index in [1.807, 2.05) is 19.1 Å². The molecule has 0 fully saturated rings. The predicted octanol–water partition coefficient (Wildman–Crippen LogP) is 4.53. The third kappa shape index (κ3) is 4.63. The summed E-state index contributed by atoms with van der Waals surface area (Å²) in [5.74, 6) is -0.206. The van der Waals surface area contributed by atoms with Gasteiger partial charge in [0.25, 0.3) is 0 Å². The molecule has 0 aliphatic carbocycles. The van der Waals surface area contributed by atoms with Gasteiger partial charge in [-0.3, -0.25) is 9.78 Å². The maximum atomic E-state index is 13.7. The zero-order valence-electron chi connectivity index (χ0n) is 15.1. The summed E-state index contributed by atoms with van der Waals surface area (Å²) >= 11 is 1.65. The van der Waals surface area contributed by atoms with Gasteiger partial charge in [-0.1, -0.05) is 12.1 Å². The molecule has 3 atom stereocenters. The van der Waals surface area contributed by atoms with Crippen LogP contribution in [0, 0.1) is 19.7 Å². The summed E-state index contributed by atoms with van der Waals surface area (Å²) in [4.78, 5) is 16.3. The smallest absolute Gasteiger partial charge is 0.168 e. The number of hydrogen-bond donors (Lipinski definition) is 0. The van der Waals surface area contributed by atoms with Gasteiger partial charge in [-0.2, -0.15) is 0 Å². The molecule has 6 heteroatoms. The molecule has 1 aromatic heterocycles. The van der Waals surface area contributed by atoms with E-state index < -0.39 is 0 Å². The van der Waals surface area contributed by atoms with Crippen LogP contribution in [0.25, 0.3) is 0 Å². The van der Waals surface area contributed by atoms with Crippen molar-refractivity contribution in [3.63, 3.8) is 0 Å². The summed E-state index contributed by atoms with van der Waals surface area (Å²) in [5, 5.41) is 2.15. The average Bonchev–Trinajstić information content (AvgIpc) is 2.65. The first kappa shape index (κ1) is 20.1. The second-order valence-electron chi connectivity index (χ2n) is 6.38. The highest BCUT2D eigenvalue weighted by Gasteiger charge is 2.21. The fourth-order valence-corrected chi connectivity index (χ4v) is 4.98. The van der Waals surface area contributed by atoms with Crippen LogP contribution in [0.1, 0.15) is 38.0 Å². The molecule has 0 amide bonds. The Morgan fingerprint density at radius 1 is 1.04 bits per heavy atom. The van der Waals surface area contributed by atoms with Crippen molar-refractivity contribution < 1.29 is 9.18 Å². The fraction of sp³-hybridized carbons (Fsp3) is 0.143. The molecular formula is C21H20FNOP2S. The van der Waals surface area contributed by atoms with Gasteiger partial charge in [-0.15, -0.1) is 30.2 Å². The van der Waals surface area contributed by atoms with E-state index in [2.05, 4.69) is 35.6 Å². The monoisotopic (exact) mass is 415 g/mol. The number of aromatic nitrogens is 1. The van der Waals surface area contributed by atoms with Gasteiger partial charge in [0, 0.05) is 11.1 Å². The van der Waals surface area contributed by atoms with Crippen molar-refractivity contribution >= 4 is 47.1 Å². The van der Waals surface area contributed by atoms with Crippen LogP contribution in [0.4, 0.5) is 4.39 Å². The first-order valence-electron chi connectivity index (χ1n) is 8.38. The second-order valence-corrected chi connectivity index (χ2v) is 8.85. The molecule has 3 unspecified atom stereocenters. The van der Waals surface area contributed by atoms with Crippen LogP contribution >= 0.6 is 30.2 Å². The molecule has 1 heterocycles. The Labute approximate surface area is 167 Å². The minimum absolute atomic E-state index is 0.0314. The fourth-order valence-electron chi connectivity index (χ4n) is 2.87. The molecule has 138 valence electrons. The number of rotatable bonds is 5. The minimum atomic E-state index is -0.206. The van der Waals surface area contributed by atoms with Gasteiger partial charge in [0.15, 0.2) is 6.29 Å². The largest absolute Gasteiger partial charge is 0.296 e. The van der Waals surface area contributed by atoms with Gasteiger partial charge in [-0.25, -0.2) is 4.39 Å². The second kappa shape index (κ2) is 8.61. The zero-order valence-corrected chi connectivity index (χ0v) is 18.2. The Morgan fingerprint density at radius 2 is 1.81 bits per heavy atom. The average molecular weight is 415 g/mol. The number of thioether (sulfide) groups is 1. The molecule has 0 bridgehead atoms. The molecule has 2 aromatic carbocycles. The number of hydrogen-bond acceptors (Lipinski definition) is 3. The van der Waals surface area contributed by atoms with Crippen LogP contribution in [0.5, 0.6) is 0 Å². The van der Waals surface area contributed by atoms with E-state index in [4.69, 9.17) is 0 Å². The van der Waals surface area contributed by atoms with Gasteiger partial charge in [-0.05, 0) is 77.0 Å². The standard InChI is InChI=1S/C21H20FNOP2S/c1-12-7-14(11-24)23-10-18(12)21(17-9-15(25)3-6-20(17)26)27-16-4-5-19(22)13(2)8-16/h3-11,21H,25-26H2,1-2H3. The topological polar surface area (TPSA) is 30.0 Å². The summed E-state index contributed by atoms with van der Waals surface area (Å²) < 4.78 is 13.7. The third-order valence-electron chi connectivity index (χ3n) is 4.35. The van der Waals surface area contributed by atoms with Crippen molar-refractivity contribution in [2.45, 2.75) is 24.0 Å². The van der Waals surface area contributed by atoms with Crippen molar-refractivity contribution in [2.75, 3.05) is 0 Å². The number of pyridine rings is 1. The number of aldehydes is 1. The number of benzene rings is 2. The summed E-state index contributed by atoms with van der Waals surface area (Å²) in [6.45, 7) is 3.75. The number of carbonyl (C=O) groups excluding carboxylic acids is 1. The van der Waals surface area contributed by atoms with Gasteiger partial charge in [0.2, 0.25) is 0 Å². The van der Waals surface area contributed by atoms with Gasteiger partial charge in [0.1, 0.15) is 11.5 Å². The lowest BCUT2D eigenvalue weighted by atomic mass is 10.0. The zero-order chi connectivity index (χ0) is 19.6. The molecule has 0 radical (unpaired) electrons. The number of aryl methyl sites for hydroxylation is 2. The van der Waals surface area contributed by atoms with Crippen molar-refractivity contribution in [1.29, 1.82) is 0 Å². The summed E-state index contributed by atoms with van der Waals surface area (Å²) in [6, 6.07) is 13.2. The Bertz CT molecular complexity index is 1010. The highest BCUT2D eigenvalue weighted by molar-refractivity contribution is 7.99. The van der Waals surface area contributed by atoms with Crippen LogP contribution in [0.15, 0.2) is 53.6 Å². The lowest BCUT2D eigenvalue weighted by Crippen LogP contribution is -2.12. The molecule has 0 aliphatic rings. The third-order valence-corrected chi connectivity index (χ3v) is 6.51. The van der Waals surface area contributed by atoms with Crippen LogP contribution in [-0.2, 0) is 0 Å². The SMILES string of the molecule is Cc1cc(SC(c2cnc(C=O)cc2C)c2cc(P)ccc2P)ccc1F. The van der Waals surface area contributed by atoms with E-state index in [1.54, 1.807) is 37.0 Å². The van der Waals surface area contributed by atoms with Gasteiger partial charge in [0.05, 0.1) is 5.25 Å². The van der Waals surface area contributed by atoms with Crippen LogP contribution in [-0.4, -0.2) is 11.3 Å². The Hall–Kier alpha value is -1.60. The van der Waals surface area contributed by atoms with Crippen LogP contribution in [0.3, 0.4) is 0 Å². The van der Waals surface area contributed by atoms with Crippen LogP contribution < -0.4 is 10.6 Å². The molecule has 0 saturated heterocycles. The van der Waals surface area contributed by atoms with Gasteiger partial charge < -0.3 is 0 Å². The summed E-state index contributed by atoms with van der Waals surface area (Å²) in [5.41, 5.74) is 4.22. The maximum absolute atomic E-state index is 13.7. The van der Waals surface area contributed by atoms with E-state index in [0.29, 0.717) is 11.3 Å². The van der Waals surface area contributed by atoms with E-state index in [9.17, 15) is 9.18 Å². The molecule has 3 aromatic rings. The lowest BCUT2D eigenvalue weighted by molar-refractivity contribution is 0.111. The molecule has 3 rings (SSSR count). The quantitative estimate of drug-likeness (QED) is 0.348. The number of carbonyl (C=O) groups is 1. The predicted molar refractivity (Wildman–Crippen MR) is 118 cm³/mol. The van der Waals surface area contributed by atoms with E-state index in [0.717, 1.165) is 38.5 Å². The van der Waals surface area contributed by atoms with Crippen molar-refractivity contribution in [1.82, 2.24) is 4.98 Å². The minimum Gasteiger partial charge on any atom is -0.296 e. The van der Waals surface area contributed by atoms with Crippen molar-refractivity contribution in [3.8, 4) is 0 Å². The Morgan fingerprint density at radius 3 is 2.48 bits per heavy atom. The molecule has 0 spiro atoms. The van der Waals surface area contributed by atoms with Gasteiger partial charge >= 0.3 is 0 Å². The Kier molecular flexibility index (Phi) is 6.42.